The number of nitrogens with zero attached hydrogens (tertiary/aromatic N) is 3. The number of rotatable bonds is 8. The number of aromatic amines is 1. The van der Waals surface area contributed by atoms with Crippen molar-refractivity contribution in [1.82, 2.24) is 25.0 Å². The lowest BCUT2D eigenvalue weighted by atomic mass is 10.1. The lowest BCUT2D eigenvalue weighted by Gasteiger charge is -2.23. The smallest absolute Gasteiger partial charge is 0.221 e. The van der Waals surface area contributed by atoms with Crippen molar-refractivity contribution in [3.63, 3.8) is 0 Å². The number of likely N-dealkylation sites (N-methyl/N-ethyl adjacent to an activating group) is 1. The molecule has 8 heteroatoms. The lowest BCUT2D eigenvalue weighted by molar-refractivity contribution is -0.121. The van der Waals surface area contributed by atoms with Crippen molar-refractivity contribution in [2.75, 3.05) is 20.6 Å². The normalized spacial score (nSPS) is 12.3. The second-order valence-corrected chi connectivity index (χ2v) is 8.28. The number of H-pyrrole nitrogens is 1. The van der Waals surface area contributed by atoms with Gasteiger partial charge in [0.1, 0.15) is 0 Å². The Labute approximate surface area is 174 Å². The summed E-state index contributed by atoms with van der Waals surface area (Å²) in [5.74, 6) is 0.754. The molecule has 3 aromatic rings. The summed E-state index contributed by atoms with van der Waals surface area (Å²) in [6.07, 6.45) is 0.345. The fraction of sp³-hybridized carbons (Fsp3) is 0.350. The minimum absolute atomic E-state index is 0.00126. The standard InChI is InChI=1S/C20H25N5OS2/c1-14-6-8-15(9-7-14)19-22-23-20(27)25(19)11-10-18(26)21-13-16(24(2)3)17-5-4-12-28-17/h4-9,12,16H,10-11,13H2,1-3H3,(H,21,26)(H,23,27)/t16-/m0/s1. The number of benzene rings is 1. The number of aryl methyl sites for hydroxylation is 1. The molecule has 0 aliphatic rings. The summed E-state index contributed by atoms with van der Waals surface area (Å²) in [6, 6.07) is 12.4. The fourth-order valence-electron chi connectivity index (χ4n) is 2.98. The van der Waals surface area contributed by atoms with E-state index in [4.69, 9.17) is 12.2 Å². The second kappa shape index (κ2) is 9.27. The number of thiophene rings is 1. The lowest BCUT2D eigenvalue weighted by Crippen LogP contribution is -2.34. The first kappa shape index (κ1) is 20.4. The maximum Gasteiger partial charge on any atom is 0.221 e. The zero-order chi connectivity index (χ0) is 20.1. The number of amides is 1. The van der Waals surface area contributed by atoms with Gasteiger partial charge in [-0.2, -0.15) is 5.10 Å². The summed E-state index contributed by atoms with van der Waals surface area (Å²) >= 11 is 7.05. The third kappa shape index (κ3) is 4.95. The van der Waals surface area contributed by atoms with Crippen LogP contribution in [0, 0.1) is 11.7 Å². The average molecular weight is 416 g/mol. The maximum atomic E-state index is 12.4. The molecule has 3 rings (SSSR count). The highest BCUT2D eigenvalue weighted by Crippen LogP contribution is 2.22. The fourth-order valence-corrected chi connectivity index (χ4v) is 4.12. The van der Waals surface area contributed by atoms with Crippen LogP contribution in [-0.2, 0) is 11.3 Å². The first-order valence-electron chi connectivity index (χ1n) is 9.14. The molecule has 2 aromatic heterocycles. The number of carbonyl (C=O) groups excluding carboxylic acids is 1. The van der Waals surface area contributed by atoms with Gasteiger partial charge < -0.3 is 10.2 Å². The molecule has 0 radical (unpaired) electrons. The van der Waals surface area contributed by atoms with Crippen LogP contribution in [0.1, 0.15) is 22.9 Å². The number of hydrogen-bond donors (Lipinski definition) is 2. The van der Waals surface area contributed by atoms with Gasteiger partial charge in [0.25, 0.3) is 0 Å². The average Bonchev–Trinajstić information content (AvgIpc) is 3.31. The van der Waals surface area contributed by atoms with Gasteiger partial charge in [-0.1, -0.05) is 35.9 Å². The Morgan fingerprint density at radius 3 is 2.71 bits per heavy atom. The van der Waals surface area contributed by atoms with Crippen molar-refractivity contribution in [3.8, 4) is 11.4 Å². The van der Waals surface area contributed by atoms with Gasteiger partial charge >= 0.3 is 0 Å². The number of carbonyl (C=O) groups is 1. The van der Waals surface area contributed by atoms with E-state index in [1.54, 1.807) is 11.3 Å². The minimum Gasteiger partial charge on any atom is -0.354 e. The zero-order valence-corrected chi connectivity index (χ0v) is 17.9. The Bertz CT molecular complexity index is 957. The molecule has 0 aliphatic heterocycles. The van der Waals surface area contributed by atoms with Gasteiger partial charge in [0, 0.05) is 30.0 Å². The Morgan fingerprint density at radius 1 is 1.32 bits per heavy atom. The van der Waals surface area contributed by atoms with Crippen molar-refractivity contribution in [2.45, 2.75) is 25.9 Å². The maximum absolute atomic E-state index is 12.4. The van der Waals surface area contributed by atoms with Crippen LogP contribution in [0.25, 0.3) is 11.4 Å². The molecule has 0 saturated heterocycles. The second-order valence-electron chi connectivity index (χ2n) is 6.92. The molecule has 0 unspecified atom stereocenters. The van der Waals surface area contributed by atoms with Gasteiger partial charge in [-0.05, 0) is 44.7 Å². The molecule has 0 aliphatic carbocycles. The molecule has 1 aromatic carbocycles. The van der Waals surface area contributed by atoms with E-state index in [1.165, 1.54) is 10.4 Å². The van der Waals surface area contributed by atoms with Crippen molar-refractivity contribution in [3.05, 3.63) is 57.0 Å². The van der Waals surface area contributed by atoms with Crippen molar-refractivity contribution >= 4 is 29.5 Å². The van der Waals surface area contributed by atoms with E-state index >= 15 is 0 Å². The molecule has 0 fully saturated rings. The molecule has 2 N–H and O–H groups in total. The first-order chi connectivity index (χ1) is 13.5. The van der Waals surface area contributed by atoms with Crippen molar-refractivity contribution in [1.29, 1.82) is 0 Å². The molecule has 0 spiro atoms. The molecule has 6 nitrogen and oxygen atoms in total. The summed E-state index contributed by atoms with van der Waals surface area (Å²) in [4.78, 5) is 15.8. The van der Waals surface area contributed by atoms with Crippen LogP contribution in [-0.4, -0.2) is 46.2 Å². The third-order valence-corrected chi connectivity index (χ3v) is 5.90. The Kier molecular flexibility index (Phi) is 6.77. The Hall–Kier alpha value is -2.29. The molecule has 0 saturated carbocycles. The van der Waals surface area contributed by atoms with E-state index in [9.17, 15) is 4.79 Å². The zero-order valence-electron chi connectivity index (χ0n) is 16.3. The van der Waals surface area contributed by atoms with E-state index in [2.05, 4.69) is 31.9 Å². The Morgan fingerprint density at radius 2 is 2.07 bits per heavy atom. The SMILES string of the molecule is Cc1ccc(-c2n[nH]c(=S)n2CCC(=O)NC[C@@H](c2cccs2)N(C)C)cc1. The number of hydrogen-bond acceptors (Lipinski definition) is 5. The molecule has 28 heavy (non-hydrogen) atoms. The quantitative estimate of drug-likeness (QED) is 0.550. The van der Waals surface area contributed by atoms with E-state index in [0.29, 0.717) is 24.3 Å². The predicted molar refractivity (Wildman–Crippen MR) is 116 cm³/mol. The number of nitrogens with one attached hydrogen (secondary N) is 2. The van der Waals surface area contributed by atoms with Gasteiger partial charge in [0.05, 0.1) is 6.04 Å². The molecular formula is C20H25N5OS2. The molecule has 148 valence electrons. The van der Waals surface area contributed by atoms with Crippen molar-refractivity contribution in [2.24, 2.45) is 0 Å². The van der Waals surface area contributed by atoms with Crippen molar-refractivity contribution < 1.29 is 4.79 Å². The van der Waals surface area contributed by atoms with Gasteiger partial charge in [-0.3, -0.25) is 14.5 Å². The first-order valence-corrected chi connectivity index (χ1v) is 10.4. The van der Waals surface area contributed by atoms with Gasteiger partial charge in [-0.25, -0.2) is 0 Å². The topological polar surface area (TPSA) is 66.0 Å². The summed E-state index contributed by atoms with van der Waals surface area (Å²) in [7, 11) is 4.05. The molecule has 0 bridgehead atoms. The summed E-state index contributed by atoms with van der Waals surface area (Å²) in [6.45, 7) is 3.10. The summed E-state index contributed by atoms with van der Waals surface area (Å²) in [5.41, 5.74) is 2.16. The molecular weight excluding hydrogens is 390 g/mol. The highest BCUT2D eigenvalue weighted by molar-refractivity contribution is 7.71. The van der Waals surface area contributed by atoms with E-state index < -0.39 is 0 Å². The minimum atomic E-state index is 0.00126. The van der Waals surface area contributed by atoms with Crippen LogP contribution in [0.2, 0.25) is 0 Å². The number of aromatic nitrogens is 3. The molecule has 2 heterocycles. The van der Waals surface area contributed by atoms with Crippen LogP contribution in [0.15, 0.2) is 41.8 Å². The highest BCUT2D eigenvalue weighted by atomic mass is 32.1. The van der Waals surface area contributed by atoms with Crippen LogP contribution >= 0.6 is 23.6 Å². The van der Waals surface area contributed by atoms with Crippen LogP contribution in [0.4, 0.5) is 0 Å². The highest BCUT2D eigenvalue weighted by Gasteiger charge is 2.16. The summed E-state index contributed by atoms with van der Waals surface area (Å²) < 4.78 is 2.40. The van der Waals surface area contributed by atoms with E-state index in [-0.39, 0.29) is 11.9 Å². The van der Waals surface area contributed by atoms with Gasteiger partial charge in [0.2, 0.25) is 5.91 Å². The van der Waals surface area contributed by atoms with E-state index in [1.807, 2.05) is 55.9 Å². The Balaban J connectivity index is 1.61. The largest absolute Gasteiger partial charge is 0.354 e. The molecule has 1 amide bonds. The monoisotopic (exact) mass is 415 g/mol. The predicted octanol–water partition coefficient (Wildman–Crippen LogP) is 3.79. The summed E-state index contributed by atoms with van der Waals surface area (Å²) in [5, 5.41) is 12.3. The van der Waals surface area contributed by atoms with Gasteiger partial charge in [-0.15, -0.1) is 11.3 Å². The van der Waals surface area contributed by atoms with Crippen LogP contribution < -0.4 is 5.32 Å². The van der Waals surface area contributed by atoms with E-state index in [0.717, 1.165) is 11.4 Å². The third-order valence-electron chi connectivity index (χ3n) is 4.62. The van der Waals surface area contributed by atoms with Crippen LogP contribution in [0.5, 0.6) is 0 Å². The van der Waals surface area contributed by atoms with Gasteiger partial charge in [0.15, 0.2) is 10.6 Å². The molecule has 1 atom stereocenters. The van der Waals surface area contributed by atoms with Crippen LogP contribution in [0.3, 0.4) is 0 Å².